The Morgan fingerprint density at radius 2 is 2.12 bits per heavy atom. The lowest BCUT2D eigenvalue weighted by molar-refractivity contribution is -0.276. The quantitative estimate of drug-likeness (QED) is 0.638. The molecule has 0 atom stereocenters. The first-order valence-corrected chi connectivity index (χ1v) is 3.97. The first-order chi connectivity index (χ1) is 7.37. The fourth-order valence-corrected chi connectivity index (χ4v) is 0.969. The van der Waals surface area contributed by atoms with E-state index in [1.165, 1.54) is 0 Å². The van der Waals surface area contributed by atoms with Gasteiger partial charge in [0.2, 0.25) is 5.88 Å². The number of rotatable bonds is 3. The predicted octanol–water partition coefficient (Wildman–Crippen LogP) is 1.39. The van der Waals surface area contributed by atoms with Gasteiger partial charge in [-0.2, -0.15) is 0 Å². The first kappa shape index (κ1) is 12.4. The average Bonchev–Trinajstić information content (AvgIpc) is 2.18. The number of alkyl halides is 3. The second-order valence-corrected chi connectivity index (χ2v) is 2.68. The van der Waals surface area contributed by atoms with Crippen LogP contribution >= 0.6 is 0 Å². The Morgan fingerprint density at radius 1 is 1.50 bits per heavy atom. The van der Waals surface area contributed by atoms with E-state index >= 15 is 0 Å². The lowest BCUT2D eigenvalue weighted by Crippen LogP contribution is -2.19. The molecule has 0 spiro atoms. The van der Waals surface area contributed by atoms with E-state index < -0.39 is 35.9 Å². The second-order valence-electron chi connectivity index (χ2n) is 2.68. The van der Waals surface area contributed by atoms with Gasteiger partial charge in [0.05, 0.1) is 11.3 Å². The van der Waals surface area contributed by atoms with Crippen LogP contribution in [0.4, 0.5) is 17.6 Å². The number of carbonyl (C=O) groups is 1. The minimum absolute atomic E-state index is 0.0550. The number of pyridine rings is 1. The summed E-state index contributed by atoms with van der Waals surface area (Å²) in [6.45, 7) is -0.443. The van der Waals surface area contributed by atoms with E-state index in [0.717, 1.165) is 0 Å². The van der Waals surface area contributed by atoms with Crippen LogP contribution in [0.1, 0.15) is 16.1 Å². The van der Waals surface area contributed by atoms with Crippen LogP contribution in [0, 0.1) is 5.82 Å². The summed E-state index contributed by atoms with van der Waals surface area (Å²) in [5.74, 6) is -1.97. The molecule has 8 heteroatoms. The average molecular weight is 238 g/mol. The standard InChI is InChI=1S/C8H6F4N2O2/c9-7-4(3-15)1-6(14-5(7)2-13)16-8(10,11)12/h1,3H,2,13H2. The highest BCUT2D eigenvalue weighted by atomic mass is 19.4. The molecule has 0 amide bonds. The Balaban J connectivity index is 3.17. The Bertz CT molecular complexity index is 406. The van der Waals surface area contributed by atoms with Crippen molar-refractivity contribution in [1.82, 2.24) is 4.98 Å². The van der Waals surface area contributed by atoms with Gasteiger partial charge < -0.3 is 10.5 Å². The third kappa shape index (κ3) is 2.89. The molecule has 0 fully saturated rings. The third-order valence-corrected chi connectivity index (χ3v) is 1.57. The molecule has 0 aliphatic heterocycles. The van der Waals surface area contributed by atoms with Gasteiger partial charge in [-0.15, -0.1) is 13.2 Å². The van der Waals surface area contributed by atoms with Gasteiger partial charge in [0.1, 0.15) is 0 Å². The van der Waals surface area contributed by atoms with Gasteiger partial charge in [-0.3, -0.25) is 4.79 Å². The number of nitrogens with zero attached hydrogens (tertiary/aromatic N) is 1. The molecule has 1 aromatic rings. The minimum atomic E-state index is -4.96. The van der Waals surface area contributed by atoms with Crippen LogP contribution in [0.25, 0.3) is 0 Å². The molecule has 0 aliphatic rings. The molecule has 2 N–H and O–H groups in total. The molecule has 1 heterocycles. The van der Waals surface area contributed by atoms with Crippen molar-refractivity contribution in [3.63, 3.8) is 0 Å². The Morgan fingerprint density at radius 3 is 2.56 bits per heavy atom. The second kappa shape index (κ2) is 4.44. The van der Waals surface area contributed by atoms with E-state index in [1.807, 2.05) is 0 Å². The number of halogens is 4. The normalized spacial score (nSPS) is 11.3. The Kier molecular flexibility index (Phi) is 3.43. The van der Waals surface area contributed by atoms with Gasteiger partial charge in [0.25, 0.3) is 0 Å². The summed E-state index contributed by atoms with van der Waals surface area (Å²) in [7, 11) is 0. The van der Waals surface area contributed by atoms with Crippen molar-refractivity contribution in [3.8, 4) is 5.88 Å². The lowest BCUT2D eigenvalue weighted by Gasteiger charge is -2.10. The minimum Gasteiger partial charge on any atom is -0.388 e. The van der Waals surface area contributed by atoms with E-state index in [4.69, 9.17) is 5.73 Å². The fourth-order valence-electron chi connectivity index (χ4n) is 0.969. The van der Waals surface area contributed by atoms with E-state index in [1.54, 1.807) is 0 Å². The highest BCUT2D eigenvalue weighted by molar-refractivity contribution is 5.75. The Labute approximate surface area is 87.0 Å². The first-order valence-electron chi connectivity index (χ1n) is 3.97. The molecule has 4 nitrogen and oxygen atoms in total. The van der Waals surface area contributed by atoms with E-state index in [9.17, 15) is 22.4 Å². The molecule has 16 heavy (non-hydrogen) atoms. The van der Waals surface area contributed by atoms with Crippen LogP contribution in [-0.2, 0) is 6.54 Å². The highest BCUT2D eigenvalue weighted by Gasteiger charge is 2.32. The van der Waals surface area contributed by atoms with Gasteiger partial charge in [-0.1, -0.05) is 0 Å². The zero-order valence-electron chi connectivity index (χ0n) is 7.71. The number of aldehydes is 1. The van der Waals surface area contributed by atoms with Crippen molar-refractivity contribution in [2.24, 2.45) is 5.73 Å². The molecule has 0 saturated carbocycles. The molecule has 1 aromatic heterocycles. The van der Waals surface area contributed by atoms with Crippen LogP contribution in [0.15, 0.2) is 6.07 Å². The van der Waals surface area contributed by atoms with Crippen LogP contribution < -0.4 is 10.5 Å². The third-order valence-electron chi connectivity index (χ3n) is 1.57. The van der Waals surface area contributed by atoms with Crippen LogP contribution in [0.5, 0.6) is 5.88 Å². The predicted molar refractivity (Wildman–Crippen MR) is 44.2 cm³/mol. The van der Waals surface area contributed by atoms with Gasteiger partial charge in [0, 0.05) is 12.6 Å². The summed E-state index contributed by atoms with van der Waals surface area (Å²) in [5.41, 5.74) is 3.99. The summed E-state index contributed by atoms with van der Waals surface area (Å²) in [6, 6.07) is 0.551. The van der Waals surface area contributed by atoms with Crippen molar-refractivity contribution in [2.45, 2.75) is 12.9 Å². The summed E-state index contributed by atoms with van der Waals surface area (Å²) >= 11 is 0. The largest absolute Gasteiger partial charge is 0.574 e. The van der Waals surface area contributed by atoms with Crippen LogP contribution in [-0.4, -0.2) is 17.6 Å². The van der Waals surface area contributed by atoms with E-state index in [2.05, 4.69) is 9.72 Å². The summed E-state index contributed by atoms with van der Waals surface area (Å²) in [6.07, 6.45) is -4.91. The lowest BCUT2D eigenvalue weighted by atomic mass is 10.2. The van der Waals surface area contributed by atoms with Crippen molar-refractivity contribution >= 4 is 6.29 Å². The summed E-state index contributed by atoms with van der Waals surface area (Å²) in [5, 5.41) is 0. The van der Waals surface area contributed by atoms with Crippen molar-refractivity contribution < 1.29 is 27.1 Å². The molecule has 0 bridgehead atoms. The molecule has 0 aromatic carbocycles. The van der Waals surface area contributed by atoms with Gasteiger partial charge >= 0.3 is 6.36 Å². The number of aromatic nitrogens is 1. The van der Waals surface area contributed by atoms with Crippen molar-refractivity contribution in [2.75, 3.05) is 0 Å². The summed E-state index contributed by atoms with van der Waals surface area (Å²) in [4.78, 5) is 13.6. The van der Waals surface area contributed by atoms with E-state index in [-0.39, 0.29) is 6.29 Å². The van der Waals surface area contributed by atoms with Gasteiger partial charge in [-0.05, 0) is 0 Å². The molecular formula is C8H6F4N2O2. The molecule has 1 rings (SSSR count). The number of ether oxygens (including phenoxy) is 1. The maximum Gasteiger partial charge on any atom is 0.574 e. The summed E-state index contributed by atoms with van der Waals surface area (Å²) < 4.78 is 52.1. The molecule has 0 saturated heterocycles. The number of nitrogens with two attached hydrogens (primary N) is 1. The zero-order chi connectivity index (χ0) is 12.3. The zero-order valence-corrected chi connectivity index (χ0v) is 7.71. The van der Waals surface area contributed by atoms with E-state index in [0.29, 0.717) is 6.07 Å². The van der Waals surface area contributed by atoms with Crippen molar-refractivity contribution in [1.29, 1.82) is 0 Å². The van der Waals surface area contributed by atoms with Gasteiger partial charge in [0.15, 0.2) is 12.1 Å². The van der Waals surface area contributed by atoms with Gasteiger partial charge in [-0.25, -0.2) is 9.37 Å². The van der Waals surface area contributed by atoms with Crippen molar-refractivity contribution in [3.05, 3.63) is 23.1 Å². The maximum absolute atomic E-state index is 13.2. The SMILES string of the molecule is NCc1nc(OC(F)(F)F)cc(C=O)c1F. The Hall–Kier alpha value is -1.70. The topological polar surface area (TPSA) is 65.2 Å². The maximum atomic E-state index is 13.2. The molecule has 0 radical (unpaired) electrons. The molecule has 0 aliphatic carbocycles. The smallest absolute Gasteiger partial charge is 0.388 e. The van der Waals surface area contributed by atoms with Crippen LogP contribution in [0.3, 0.4) is 0 Å². The highest BCUT2D eigenvalue weighted by Crippen LogP contribution is 2.23. The number of hydrogen-bond donors (Lipinski definition) is 1. The molecule has 0 unspecified atom stereocenters. The number of carbonyl (C=O) groups excluding carboxylic acids is 1. The number of hydrogen-bond acceptors (Lipinski definition) is 4. The fraction of sp³-hybridized carbons (Fsp3) is 0.250. The molecular weight excluding hydrogens is 232 g/mol. The monoisotopic (exact) mass is 238 g/mol. The van der Waals surface area contributed by atoms with Crippen LogP contribution in [0.2, 0.25) is 0 Å². The molecule has 88 valence electrons.